The maximum absolute atomic E-state index is 12.9. The maximum atomic E-state index is 12.9. The van der Waals surface area contributed by atoms with Gasteiger partial charge in [0.05, 0.1) is 16.3 Å². The number of pyridine rings is 2. The van der Waals surface area contributed by atoms with E-state index < -0.39 is 0 Å². The third-order valence-electron chi connectivity index (χ3n) is 5.45. The highest BCUT2D eigenvalue weighted by molar-refractivity contribution is 6.31. The van der Waals surface area contributed by atoms with E-state index in [0.29, 0.717) is 22.2 Å². The molecular formula is C23H25ClN6O. The largest absolute Gasteiger partial charge is 0.353 e. The molecule has 4 aromatic heterocycles. The molecule has 0 bridgehead atoms. The number of anilines is 1. The summed E-state index contributed by atoms with van der Waals surface area (Å²) in [5, 5.41) is 4.77. The summed E-state index contributed by atoms with van der Waals surface area (Å²) in [5.41, 5.74) is 4.79. The maximum Gasteiger partial charge on any atom is 0.264 e. The van der Waals surface area contributed by atoms with Crippen LogP contribution in [-0.4, -0.2) is 30.5 Å². The van der Waals surface area contributed by atoms with Gasteiger partial charge < -0.3 is 10.3 Å². The van der Waals surface area contributed by atoms with Crippen molar-refractivity contribution in [1.82, 2.24) is 24.5 Å². The van der Waals surface area contributed by atoms with Gasteiger partial charge in [-0.05, 0) is 44.0 Å². The first-order valence-corrected chi connectivity index (χ1v) is 10.6. The summed E-state index contributed by atoms with van der Waals surface area (Å²) in [6.07, 6.45) is 5.18. The van der Waals surface area contributed by atoms with E-state index in [1.807, 2.05) is 45.2 Å². The summed E-state index contributed by atoms with van der Waals surface area (Å²) < 4.78 is 1.52. The van der Waals surface area contributed by atoms with Crippen molar-refractivity contribution in [2.45, 2.75) is 39.7 Å². The van der Waals surface area contributed by atoms with E-state index in [4.69, 9.17) is 16.6 Å². The lowest BCUT2D eigenvalue weighted by molar-refractivity contribution is 0.787. The molecule has 1 atom stereocenters. The molecule has 0 aliphatic heterocycles. The van der Waals surface area contributed by atoms with E-state index >= 15 is 0 Å². The fourth-order valence-electron chi connectivity index (χ4n) is 3.82. The van der Waals surface area contributed by atoms with Crippen molar-refractivity contribution in [2.24, 2.45) is 7.05 Å². The third kappa shape index (κ3) is 3.93. The molecule has 7 nitrogen and oxygen atoms in total. The summed E-state index contributed by atoms with van der Waals surface area (Å²) >= 11 is 6.15. The lowest BCUT2D eigenvalue weighted by Gasteiger charge is -2.16. The molecule has 0 radical (unpaired) electrons. The van der Waals surface area contributed by atoms with Crippen LogP contribution in [0.4, 0.5) is 5.95 Å². The number of nitrogens with zero attached hydrogens (tertiary/aromatic N) is 4. The number of nitrogens with one attached hydrogen (secondary N) is 2. The van der Waals surface area contributed by atoms with Gasteiger partial charge in [0.25, 0.3) is 5.56 Å². The van der Waals surface area contributed by atoms with Gasteiger partial charge in [0.15, 0.2) is 0 Å². The lowest BCUT2D eigenvalue weighted by atomic mass is 9.92. The molecule has 2 N–H and O–H groups in total. The van der Waals surface area contributed by atoms with E-state index in [2.05, 4.69) is 27.2 Å². The highest BCUT2D eigenvalue weighted by atomic mass is 35.5. The van der Waals surface area contributed by atoms with Gasteiger partial charge in [0.1, 0.15) is 5.65 Å². The zero-order valence-electron chi connectivity index (χ0n) is 18.2. The molecule has 8 heteroatoms. The quantitative estimate of drug-likeness (QED) is 0.475. The van der Waals surface area contributed by atoms with Gasteiger partial charge in [-0.1, -0.05) is 24.6 Å². The number of aryl methyl sites for hydroxylation is 1. The van der Waals surface area contributed by atoms with Crippen LogP contribution >= 0.6 is 11.6 Å². The van der Waals surface area contributed by atoms with E-state index in [0.717, 1.165) is 27.9 Å². The topological polar surface area (TPSA) is 88.5 Å². The SMILES string of the molecule is Cc1nc(-c2cnc(NC(C)C)n(C)c2=O)ccc1C(C)c1c[nH]c2ncc(Cl)cc12. The Balaban J connectivity index is 1.71. The van der Waals surface area contributed by atoms with Crippen LogP contribution in [0, 0.1) is 6.92 Å². The van der Waals surface area contributed by atoms with E-state index in [1.54, 1.807) is 19.4 Å². The second-order valence-corrected chi connectivity index (χ2v) is 8.48. The van der Waals surface area contributed by atoms with Crippen molar-refractivity contribution < 1.29 is 0 Å². The Morgan fingerprint density at radius 3 is 2.61 bits per heavy atom. The normalized spacial score (nSPS) is 12.5. The van der Waals surface area contributed by atoms with Gasteiger partial charge in [-0.25, -0.2) is 9.97 Å². The number of H-pyrrole nitrogens is 1. The zero-order valence-corrected chi connectivity index (χ0v) is 18.9. The van der Waals surface area contributed by atoms with Gasteiger partial charge in [-0.15, -0.1) is 0 Å². The van der Waals surface area contributed by atoms with Gasteiger partial charge in [0, 0.05) is 48.7 Å². The molecule has 160 valence electrons. The lowest BCUT2D eigenvalue weighted by Crippen LogP contribution is -2.26. The number of aromatic nitrogens is 5. The Morgan fingerprint density at radius 1 is 1.13 bits per heavy atom. The molecule has 1 unspecified atom stereocenters. The average Bonchev–Trinajstić information content (AvgIpc) is 3.14. The molecule has 4 heterocycles. The van der Waals surface area contributed by atoms with Crippen molar-refractivity contribution in [3.8, 4) is 11.3 Å². The second-order valence-electron chi connectivity index (χ2n) is 8.05. The van der Waals surface area contributed by atoms with Gasteiger partial charge >= 0.3 is 0 Å². The minimum atomic E-state index is -0.136. The first kappa shape index (κ1) is 21.1. The Labute approximate surface area is 185 Å². The smallest absolute Gasteiger partial charge is 0.264 e. The van der Waals surface area contributed by atoms with Crippen LogP contribution in [0.15, 0.2) is 41.6 Å². The Bertz CT molecular complexity index is 1320. The molecule has 0 fully saturated rings. The van der Waals surface area contributed by atoms with Crippen molar-refractivity contribution in [2.75, 3.05) is 5.32 Å². The van der Waals surface area contributed by atoms with E-state index in [-0.39, 0.29) is 17.5 Å². The van der Waals surface area contributed by atoms with Crippen molar-refractivity contribution in [3.05, 3.63) is 69.0 Å². The second kappa shape index (κ2) is 8.15. The van der Waals surface area contributed by atoms with E-state index in [9.17, 15) is 4.79 Å². The highest BCUT2D eigenvalue weighted by Gasteiger charge is 2.18. The van der Waals surface area contributed by atoms with Gasteiger partial charge in [0.2, 0.25) is 5.95 Å². The third-order valence-corrected chi connectivity index (χ3v) is 5.66. The summed E-state index contributed by atoms with van der Waals surface area (Å²) in [6.45, 7) is 8.09. The van der Waals surface area contributed by atoms with Crippen LogP contribution in [0.3, 0.4) is 0 Å². The minimum Gasteiger partial charge on any atom is -0.353 e. The summed E-state index contributed by atoms with van der Waals surface area (Å²) in [4.78, 5) is 29.6. The molecular weight excluding hydrogens is 412 g/mol. The average molecular weight is 437 g/mol. The molecule has 0 amide bonds. The first-order chi connectivity index (χ1) is 14.8. The van der Waals surface area contributed by atoms with Crippen LogP contribution in [0.25, 0.3) is 22.3 Å². The number of fused-ring (bicyclic) bond motifs is 1. The van der Waals surface area contributed by atoms with Crippen LogP contribution in [0.2, 0.25) is 5.02 Å². The van der Waals surface area contributed by atoms with E-state index in [1.165, 1.54) is 4.57 Å². The predicted molar refractivity (Wildman–Crippen MR) is 125 cm³/mol. The Morgan fingerprint density at radius 2 is 1.90 bits per heavy atom. The number of aromatic amines is 1. The van der Waals surface area contributed by atoms with Gasteiger partial charge in [-0.2, -0.15) is 0 Å². The highest BCUT2D eigenvalue weighted by Crippen LogP contribution is 2.32. The molecule has 0 aliphatic rings. The van der Waals surface area contributed by atoms with Crippen molar-refractivity contribution in [3.63, 3.8) is 0 Å². The first-order valence-electron chi connectivity index (χ1n) is 10.2. The predicted octanol–water partition coefficient (Wildman–Crippen LogP) is 4.65. The number of rotatable bonds is 5. The zero-order chi connectivity index (χ0) is 22.3. The van der Waals surface area contributed by atoms with Crippen molar-refractivity contribution in [1.29, 1.82) is 0 Å². The molecule has 4 aromatic rings. The fraction of sp³-hybridized carbons (Fsp3) is 0.304. The summed E-state index contributed by atoms with van der Waals surface area (Å²) in [6, 6.07) is 6.01. The molecule has 0 saturated heterocycles. The Kier molecular flexibility index (Phi) is 5.54. The Hall–Kier alpha value is -3.19. The molecule has 0 saturated carbocycles. The molecule has 0 aromatic carbocycles. The van der Waals surface area contributed by atoms with Crippen LogP contribution in [0.1, 0.15) is 43.5 Å². The minimum absolute atomic E-state index is 0.0779. The molecule has 31 heavy (non-hydrogen) atoms. The summed E-state index contributed by atoms with van der Waals surface area (Å²) in [5.74, 6) is 0.617. The van der Waals surface area contributed by atoms with Crippen LogP contribution < -0.4 is 10.9 Å². The number of hydrogen-bond donors (Lipinski definition) is 2. The van der Waals surface area contributed by atoms with Crippen LogP contribution in [0.5, 0.6) is 0 Å². The molecule has 0 aliphatic carbocycles. The summed E-state index contributed by atoms with van der Waals surface area (Å²) in [7, 11) is 1.71. The van der Waals surface area contributed by atoms with Crippen LogP contribution in [-0.2, 0) is 7.05 Å². The fourth-order valence-corrected chi connectivity index (χ4v) is 3.97. The number of hydrogen-bond acceptors (Lipinski definition) is 5. The molecule has 4 rings (SSSR count). The number of halogens is 1. The van der Waals surface area contributed by atoms with Crippen molar-refractivity contribution >= 4 is 28.6 Å². The monoisotopic (exact) mass is 436 g/mol. The molecule has 0 spiro atoms. The van der Waals surface area contributed by atoms with Gasteiger partial charge in [-0.3, -0.25) is 14.3 Å². The standard InChI is InChI=1S/C23H25ClN6O/c1-12(2)28-23-27-11-19(22(31)30(23)5)20-7-6-16(14(4)29-20)13(3)18-10-26-21-17(18)8-15(24)9-25-21/h6-13H,1-5H3,(H,25,26)(H,27,28).